The normalized spacial score (nSPS) is 27.0. The lowest BCUT2D eigenvalue weighted by Gasteiger charge is -2.28. The standard InChI is InChI=1S/C10H21N.C3H8/c1-8(2)11-10-6-4-9(3)5-7-10;1-3-2/h8-11H,4-7H2,1-3H3;3H2,1-2H3. The van der Waals surface area contributed by atoms with Crippen LogP contribution in [-0.2, 0) is 0 Å². The van der Waals surface area contributed by atoms with E-state index < -0.39 is 0 Å². The second kappa shape index (κ2) is 8.28. The summed E-state index contributed by atoms with van der Waals surface area (Å²) >= 11 is 0. The van der Waals surface area contributed by atoms with E-state index in [1.165, 1.54) is 32.1 Å². The van der Waals surface area contributed by atoms with Gasteiger partial charge < -0.3 is 5.32 Å². The summed E-state index contributed by atoms with van der Waals surface area (Å²) in [6, 6.07) is 1.47. The van der Waals surface area contributed by atoms with E-state index in [1.807, 2.05) is 0 Å². The van der Waals surface area contributed by atoms with Gasteiger partial charge in [0.05, 0.1) is 0 Å². The first-order valence-electron chi connectivity index (χ1n) is 6.36. The Bertz CT molecular complexity index is 112. The largest absolute Gasteiger partial charge is 0.312 e. The molecule has 0 radical (unpaired) electrons. The van der Waals surface area contributed by atoms with Crippen molar-refractivity contribution in [3.05, 3.63) is 0 Å². The molecule has 0 unspecified atom stereocenters. The Morgan fingerprint density at radius 3 is 1.86 bits per heavy atom. The third-order valence-electron chi connectivity index (χ3n) is 2.58. The number of rotatable bonds is 2. The summed E-state index contributed by atoms with van der Waals surface area (Å²) in [5.74, 6) is 0.972. The second-order valence-corrected chi connectivity index (χ2v) is 4.99. The maximum Gasteiger partial charge on any atom is 0.00696 e. The fourth-order valence-corrected chi connectivity index (χ4v) is 1.90. The number of hydrogen-bond acceptors (Lipinski definition) is 1. The van der Waals surface area contributed by atoms with Gasteiger partial charge in [0.25, 0.3) is 0 Å². The molecule has 0 heterocycles. The topological polar surface area (TPSA) is 12.0 Å². The first-order chi connectivity index (χ1) is 6.60. The van der Waals surface area contributed by atoms with Crippen LogP contribution in [0.2, 0.25) is 0 Å². The van der Waals surface area contributed by atoms with Crippen LogP contribution in [0, 0.1) is 5.92 Å². The van der Waals surface area contributed by atoms with Crippen LogP contribution in [0.1, 0.15) is 66.7 Å². The molecule has 1 aliphatic carbocycles. The minimum Gasteiger partial charge on any atom is -0.312 e. The van der Waals surface area contributed by atoms with E-state index in [-0.39, 0.29) is 0 Å². The molecule has 1 heteroatoms. The van der Waals surface area contributed by atoms with Crippen LogP contribution < -0.4 is 5.32 Å². The molecule has 14 heavy (non-hydrogen) atoms. The zero-order valence-electron chi connectivity index (χ0n) is 10.8. The molecule has 1 fully saturated rings. The van der Waals surface area contributed by atoms with Gasteiger partial charge in [0.2, 0.25) is 0 Å². The maximum absolute atomic E-state index is 3.60. The van der Waals surface area contributed by atoms with Crippen molar-refractivity contribution in [2.24, 2.45) is 5.92 Å². The van der Waals surface area contributed by atoms with E-state index in [2.05, 4.69) is 39.9 Å². The Labute approximate surface area is 90.7 Å². The van der Waals surface area contributed by atoms with Crippen LogP contribution in [-0.4, -0.2) is 12.1 Å². The lowest BCUT2D eigenvalue weighted by molar-refractivity contribution is 0.295. The van der Waals surface area contributed by atoms with Crippen molar-refractivity contribution in [2.75, 3.05) is 0 Å². The highest BCUT2D eigenvalue weighted by molar-refractivity contribution is 4.76. The number of nitrogens with one attached hydrogen (secondary N) is 1. The van der Waals surface area contributed by atoms with E-state index in [0.29, 0.717) is 6.04 Å². The van der Waals surface area contributed by atoms with Crippen LogP contribution in [0.3, 0.4) is 0 Å². The smallest absolute Gasteiger partial charge is 0.00696 e. The van der Waals surface area contributed by atoms with Crippen molar-refractivity contribution >= 4 is 0 Å². The molecule has 1 saturated carbocycles. The van der Waals surface area contributed by atoms with Crippen LogP contribution in [0.5, 0.6) is 0 Å². The van der Waals surface area contributed by atoms with E-state index in [1.54, 1.807) is 0 Å². The van der Waals surface area contributed by atoms with Crippen LogP contribution in [0.15, 0.2) is 0 Å². The molecule has 0 bridgehead atoms. The van der Waals surface area contributed by atoms with E-state index in [0.717, 1.165) is 12.0 Å². The van der Waals surface area contributed by atoms with Gasteiger partial charge in [-0.15, -0.1) is 0 Å². The molecule has 0 aromatic rings. The summed E-state index contributed by atoms with van der Waals surface area (Å²) in [5, 5.41) is 3.60. The first kappa shape index (κ1) is 14.0. The van der Waals surface area contributed by atoms with Crippen LogP contribution in [0.25, 0.3) is 0 Å². The molecule has 1 nitrogen and oxygen atoms in total. The van der Waals surface area contributed by atoms with E-state index >= 15 is 0 Å². The molecule has 0 aromatic heterocycles. The van der Waals surface area contributed by atoms with Crippen molar-refractivity contribution < 1.29 is 0 Å². The summed E-state index contributed by atoms with van der Waals surface area (Å²) in [7, 11) is 0. The van der Waals surface area contributed by atoms with Crippen molar-refractivity contribution in [3.8, 4) is 0 Å². The molecule has 0 saturated heterocycles. The molecule has 1 rings (SSSR count). The van der Waals surface area contributed by atoms with Crippen LogP contribution >= 0.6 is 0 Å². The lowest BCUT2D eigenvalue weighted by atomic mass is 9.87. The average Bonchev–Trinajstić information content (AvgIpc) is 2.09. The van der Waals surface area contributed by atoms with Crippen molar-refractivity contribution in [1.82, 2.24) is 5.32 Å². The highest BCUT2D eigenvalue weighted by Gasteiger charge is 2.17. The second-order valence-electron chi connectivity index (χ2n) is 4.99. The molecular formula is C13H29N. The summed E-state index contributed by atoms with van der Waals surface area (Å²) in [5.41, 5.74) is 0. The van der Waals surface area contributed by atoms with Gasteiger partial charge in [0.15, 0.2) is 0 Å². The molecule has 1 N–H and O–H groups in total. The van der Waals surface area contributed by atoms with Gasteiger partial charge in [0.1, 0.15) is 0 Å². The Morgan fingerprint density at radius 2 is 1.50 bits per heavy atom. The zero-order valence-corrected chi connectivity index (χ0v) is 10.8. The molecule has 0 amide bonds. The average molecular weight is 199 g/mol. The van der Waals surface area contributed by atoms with E-state index in [9.17, 15) is 0 Å². The van der Waals surface area contributed by atoms with Gasteiger partial charge in [-0.2, -0.15) is 0 Å². The van der Waals surface area contributed by atoms with Gasteiger partial charge in [-0.25, -0.2) is 0 Å². The highest BCUT2D eigenvalue weighted by atomic mass is 14.9. The minimum atomic E-state index is 0.661. The SMILES string of the molecule is CC1CCC(NC(C)C)CC1.CCC. The summed E-state index contributed by atoms with van der Waals surface area (Å²) in [6.45, 7) is 11.1. The molecular weight excluding hydrogens is 170 g/mol. The van der Waals surface area contributed by atoms with Crippen LogP contribution in [0.4, 0.5) is 0 Å². The molecule has 0 aromatic carbocycles. The highest BCUT2D eigenvalue weighted by Crippen LogP contribution is 2.23. The third kappa shape index (κ3) is 7.37. The predicted molar refractivity (Wildman–Crippen MR) is 65.7 cm³/mol. The van der Waals surface area contributed by atoms with Gasteiger partial charge in [-0.3, -0.25) is 0 Å². The summed E-state index contributed by atoms with van der Waals surface area (Å²) < 4.78 is 0. The van der Waals surface area contributed by atoms with E-state index in [4.69, 9.17) is 0 Å². The Kier molecular flexibility index (Phi) is 8.26. The maximum atomic E-state index is 3.60. The minimum absolute atomic E-state index is 0.661. The zero-order chi connectivity index (χ0) is 11.0. The predicted octanol–water partition coefficient (Wildman–Crippen LogP) is 3.98. The molecule has 86 valence electrons. The molecule has 0 spiro atoms. The first-order valence-corrected chi connectivity index (χ1v) is 6.36. The van der Waals surface area contributed by atoms with Gasteiger partial charge in [-0.05, 0) is 31.6 Å². The Morgan fingerprint density at radius 1 is 1.07 bits per heavy atom. The fraction of sp³-hybridized carbons (Fsp3) is 1.00. The van der Waals surface area contributed by atoms with Gasteiger partial charge in [0, 0.05) is 12.1 Å². The molecule has 0 atom stereocenters. The lowest BCUT2D eigenvalue weighted by Crippen LogP contribution is -2.37. The summed E-state index contributed by atoms with van der Waals surface area (Å²) in [6.07, 6.45) is 6.87. The number of hydrogen-bond donors (Lipinski definition) is 1. The molecule has 0 aliphatic heterocycles. The Hall–Kier alpha value is -0.0400. The van der Waals surface area contributed by atoms with Gasteiger partial charge in [-0.1, -0.05) is 41.0 Å². The third-order valence-corrected chi connectivity index (χ3v) is 2.58. The van der Waals surface area contributed by atoms with Crippen molar-refractivity contribution in [1.29, 1.82) is 0 Å². The monoisotopic (exact) mass is 199 g/mol. The molecule has 1 aliphatic rings. The quantitative estimate of drug-likeness (QED) is 0.709. The Balaban J connectivity index is 0.000000500. The van der Waals surface area contributed by atoms with Crippen molar-refractivity contribution in [2.45, 2.75) is 78.8 Å². The van der Waals surface area contributed by atoms with Crippen molar-refractivity contribution in [3.63, 3.8) is 0 Å². The fourth-order valence-electron chi connectivity index (χ4n) is 1.90. The van der Waals surface area contributed by atoms with Gasteiger partial charge >= 0.3 is 0 Å². The summed E-state index contributed by atoms with van der Waals surface area (Å²) in [4.78, 5) is 0.